The summed E-state index contributed by atoms with van der Waals surface area (Å²) in [6, 6.07) is 4.13. The predicted molar refractivity (Wildman–Crippen MR) is 94.8 cm³/mol. The second-order valence-corrected chi connectivity index (χ2v) is 4.32. The molecule has 4 nitrogen and oxygen atoms in total. The number of hydrogen-bond acceptors (Lipinski definition) is 2. The fraction of sp³-hybridized carbons (Fsp3) is 0.333. The molecular weight excluding hydrogens is 272 g/mol. The van der Waals surface area contributed by atoms with E-state index in [4.69, 9.17) is 0 Å². The lowest BCUT2D eigenvalue weighted by Crippen LogP contribution is -1.89. The standard InChI is InChI=1S/C14H14N4.2C2H6/c1-11-10-16-14-9-12(5-7-18(11)14)3-4-13-15-6-8-17(13)2;2*1-2/h3-10H,1-2H3;2*1-2H3/b4-3+;;. The third-order valence-corrected chi connectivity index (χ3v) is 3.01. The van der Waals surface area contributed by atoms with Gasteiger partial charge in [-0.2, -0.15) is 0 Å². The highest BCUT2D eigenvalue weighted by molar-refractivity contribution is 5.68. The van der Waals surface area contributed by atoms with Gasteiger partial charge in [-0.1, -0.05) is 33.8 Å². The maximum atomic E-state index is 4.35. The number of aromatic nitrogens is 4. The van der Waals surface area contributed by atoms with Crippen LogP contribution < -0.4 is 0 Å². The number of pyridine rings is 1. The van der Waals surface area contributed by atoms with E-state index in [-0.39, 0.29) is 0 Å². The first-order valence-corrected chi connectivity index (χ1v) is 7.83. The summed E-state index contributed by atoms with van der Waals surface area (Å²) < 4.78 is 4.05. The zero-order valence-electron chi connectivity index (χ0n) is 14.4. The molecule has 0 saturated heterocycles. The van der Waals surface area contributed by atoms with Gasteiger partial charge in [-0.15, -0.1) is 0 Å². The lowest BCUT2D eigenvalue weighted by atomic mass is 10.2. The molecule has 0 atom stereocenters. The van der Waals surface area contributed by atoms with Gasteiger partial charge < -0.3 is 8.97 Å². The Morgan fingerprint density at radius 3 is 2.36 bits per heavy atom. The lowest BCUT2D eigenvalue weighted by molar-refractivity contribution is 0.898. The lowest BCUT2D eigenvalue weighted by Gasteiger charge is -1.98. The van der Waals surface area contributed by atoms with Crippen LogP contribution in [0.3, 0.4) is 0 Å². The van der Waals surface area contributed by atoms with Crippen molar-refractivity contribution in [2.75, 3.05) is 0 Å². The van der Waals surface area contributed by atoms with Crippen molar-refractivity contribution >= 4 is 17.8 Å². The number of rotatable bonds is 2. The Bertz CT molecular complexity index is 720. The molecule has 0 aliphatic carbocycles. The summed E-state index contributed by atoms with van der Waals surface area (Å²) in [6.07, 6.45) is 11.7. The van der Waals surface area contributed by atoms with Gasteiger partial charge >= 0.3 is 0 Å². The quantitative estimate of drug-likeness (QED) is 0.693. The smallest absolute Gasteiger partial charge is 0.137 e. The molecule has 4 heteroatoms. The van der Waals surface area contributed by atoms with Gasteiger partial charge in [-0.3, -0.25) is 0 Å². The molecule has 0 N–H and O–H groups in total. The van der Waals surface area contributed by atoms with Gasteiger partial charge in [0.05, 0.1) is 0 Å². The third-order valence-electron chi connectivity index (χ3n) is 3.01. The molecular formula is C18H26N4. The topological polar surface area (TPSA) is 35.1 Å². The molecule has 0 spiro atoms. The fourth-order valence-corrected chi connectivity index (χ4v) is 1.94. The Kier molecular flexibility index (Phi) is 7.09. The van der Waals surface area contributed by atoms with Gasteiger partial charge in [0.15, 0.2) is 0 Å². The van der Waals surface area contributed by atoms with Gasteiger partial charge in [-0.05, 0) is 30.7 Å². The van der Waals surface area contributed by atoms with Crippen molar-refractivity contribution in [2.24, 2.45) is 7.05 Å². The van der Waals surface area contributed by atoms with E-state index in [1.165, 1.54) is 0 Å². The van der Waals surface area contributed by atoms with Crippen molar-refractivity contribution in [1.29, 1.82) is 0 Å². The van der Waals surface area contributed by atoms with Crippen LogP contribution in [-0.4, -0.2) is 18.9 Å². The van der Waals surface area contributed by atoms with Crippen LogP contribution in [0.1, 0.15) is 44.8 Å². The molecule has 0 aliphatic heterocycles. The summed E-state index contributed by atoms with van der Waals surface area (Å²) in [4.78, 5) is 8.60. The minimum atomic E-state index is 0.939. The van der Waals surface area contributed by atoms with Gasteiger partial charge in [0.1, 0.15) is 11.5 Å². The van der Waals surface area contributed by atoms with E-state index in [0.717, 1.165) is 22.7 Å². The molecule has 0 amide bonds. The highest BCUT2D eigenvalue weighted by Crippen LogP contribution is 2.11. The molecule has 22 heavy (non-hydrogen) atoms. The van der Waals surface area contributed by atoms with Crippen LogP contribution in [0.4, 0.5) is 0 Å². The summed E-state index contributed by atoms with van der Waals surface area (Å²) in [7, 11) is 1.98. The number of imidazole rings is 2. The average Bonchev–Trinajstić information content (AvgIpc) is 3.15. The molecule has 0 aliphatic rings. The van der Waals surface area contributed by atoms with Crippen molar-refractivity contribution in [1.82, 2.24) is 18.9 Å². The van der Waals surface area contributed by atoms with E-state index < -0.39 is 0 Å². The van der Waals surface area contributed by atoms with Gasteiger partial charge in [0, 0.05) is 37.5 Å². The molecule has 0 fully saturated rings. The molecule has 3 rings (SSSR count). The monoisotopic (exact) mass is 298 g/mol. The highest BCUT2D eigenvalue weighted by atomic mass is 15.0. The summed E-state index contributed by atoms with van der Waals surface area (Å²) >= 11 is 0. The van der Waals surface area contributed by atoms with E-state index >= 15 is 0 Å². The van der Waals surface area contributed by atoms with Crippen LogP contribution in [0, 0.1) is 6.92 Å². The second kappa shape index (κ2) is 8.82. The second-order valence-electron chi connectivity index (χ2n) is 4.32. The highest BCUT2D eigenvalue weighted by Gasteiger charge is 1.99. The van der Waals surface area contributed by atoms with Gasteiger partial charge in [0.25, 0.3) is 0 Å². The minimum Gasteiger partial charge on any atom is -0.335 e. The average molecular weight is 298 g/mol. The van der Waals surface area contributed by atoms with Crippen LogP contribution in [0.2, 0.25) is 0 Å². The molecule has 3 aromatic heterocycles. The Hall–Kier alpha value is -2.36. The molecule has 0 aromatic carbocycles. The Morgan fingerprint density at radius 1 is 1.00 bits per heavy atom. The molecule has 118 valence electrons. The largest absolute Gasteiger partial charge is 0.335 e. The first-order chi connectivity index (χ1) is 10.7. The third kappa shape index (κ3) is 4.07. The van der Waals surface area contributed by atoms with E-state index in [0.29, 0.717) is 0 Å². The van der Waals surface area contributed by atoms with E-state index in [1.54, 1.807) is 6.20 Å². The van der Waals surface area contributed by atoms with Crippen molar-refractivity contribution in [3.05, 3.63) is 54.0 Å². The molecule has 0 saturated carbocycles. The van der Waals surface area contributed by atoms with E-state index in [1.807, 2.05) is 77.0 Å². The Morgan fingerprint density at radius 2 is 1.73 bits per heavy atom. The molecule has 0 radical (unpaired) electrons. The summed E-state index contributed by atoms with van der Waals surface area (Å²) in [5.74, 6) is 0.939. The number of nitrogens with zero attached hydrogens (tertiary/aromatic N) is 4. The number of fused-ring (bicyclic) bond motifs is 1. The zero-order valence-corrected chi connectivity index (χ0v) is 14.4. The number of aryl methyl sites for hydroxylation is 2. The zero-order chi connectivity index (χ0) is 16.5. The predicted octanol–water partition coefficient (Wildman–Crippen LogP) is 4.60. The van der Waals surface area contributed by atoms with Crippen molar-refractivity contribution < 1.29 is 0 Å². The summed E-state index contributed by atoms with van der Waals surface area (Å²) in [5.41, 5.74) is 3.23. The van der Waals surface area contributed by atoms with Crippen molar-refractivity contribution in [3.8, 4) is 0 Å². The van der Waals surface area contributed by atoms with E-state index in [2.05, 4.69) is 26.5 Å². The van der Waals surface area contributed by atoms with Crippen LogP contribution in [0.25, 0.3) is 17.8 Å². The van der Waals surface area contributed by atoms with Crippen LogP contribution in [0.15, 0.2) is 36.9 Å². The van der Waals surface area contributed by atoms with Gasteiger partial charge in [-0.25, -0.2) is 9.97 Å². The van der Waals surface area contributed by atoms with Crippen molar-refractivity contribution in [2.45, 2.75) is 34.6 Å². The molecule has 3 heterocycles. The maximum Gasteiger partial charge on any atom is 0.137 e. The maximum absolute atomic E-state index is 4.35. The SMILES string of the molecule is CC.CC.Cc1cnc2cc(/C=C/c3nccn3C)ccn12. The summed E-state index contributed by atoms with van der Waals surface area (Å²) in [6.45, 7) is 10.0. The van der Waals surface area contributed by atoms with Gasteiger partial charge in [0.2, 0.25) is 0 Å². The van der Waals surface area contributed by atoms with Crippen LogP contribution in [-0.2, 0) is 7.05 Å². The molecule has 3 aromatic rings. The first-order valence-electron chi connectivity index (χ1n) is 7.83. The van der Waals surface area contributed by atoms with Crippen molar-refractivity contribution in [3.63, 3.8) is 0 Å². The Labute approximate surface area is 133 Å². The van der Waals surface area contributed by atoms with E-state index in [9.17, 15) is 0 Å². The minimum absolute atomic E-state index is 0.939. The Balaban J connectivity index is 0.000000561. The van der Waals surface area contributed by atoms with Crippen LogP contribution >= 0.6 is 0 Å². The molecule has 0 bridgehead atoms. The number of hydrogen-bond donors (Lipinski definition) is 0. The van der Waals surface area contributed by atoms with Crippen LogP contribution in [0.5, 0.6) is 0 Å². The molecule has 0 unspecified atom stereocenters. The first kappa shape index (κ1) is 17.7. The normalized spacial score (nSPS) is 10.1. The fourth-order valence-electron chi connectivity index (χ4n) is 1.94. The summed E-state index contributed by atoms with van der Waals surface area (Å²) in [5, 5.41) is 0.